The number of likely N-dealkylation sites (tertiary alicyclic amines) is 1. The Morgan fingerprint density at radius 1 is 0.846 bits per heavy atom. The Hall–Kier alpha value is -2.23. The van der Waals surface area contributed by atoms with E-state index >= 15 is 0 Å². The molecule has 1 aromatic heterocycles. The summed E-state index contributed by atoms with van der Waals surface area (Å²) in [7, 11) is -3.51. The van der Waals surface area contributed by atoms with Crippen LogP contribution in [0.1, 0.15) is 77.7 Å². The molecule has 39 heavy (non-hydrogen) atoms. The van der Waals surface area contributed by atoms with Gasteiger partial charge < -0.3 is 10.2 Å². The van der Waals surface area contributed by atoms with Gasteiger partial charge in [0.05, 0.1) is 4.90 Å². The second kappa shape index (κ2) is 12.1. The highest BCUT2D eigenvalue weighted by atomic mass is 32.2. The standard InChI is InChI=1S/C30H46N6O2S/c1-30(2,3)24-12-14-27(15-13-24)39(37,38)36-21-9-11-26(23-36)35-20-8-10-25(22-35)32-29-31-17-16-28(33-29)34-18-6-4-5-7-19-34/h12-17,25-26H,4-11,18-23H2,1-3H3,(H,31,32,33). The van der Waals surface area contributed by atoms with Crippen molar-refractivity contribution >= 4 is 21.8 Å². The molecule has 0 spiro atoms. The molecule has 1 N–H and O–H groups in total. The Kier molecular flexibility index (Phi) is 8.79. The van der Waals surface area contributed by atoms with Crippen molar-refractivity contribution in [3.63, 3.8) is 0 Å². The SMILES string of the molecule is CC(C)(C)c1ccc(S(=O)(=O)N2CCCC(N3CCCC(Nc4nccc(N5CCCCCC5)n4)C3)C2)cc1. The first kappa shape index (κ1) is 28.3. The van der Waals surface area contributed by atoms with Crippen LogP contribution in [-0.4, -0.2) is 78.9 Å². The Balaban J connectivity index is 1.21. The van der Waals surface area contributed by atoms with Crippen molar-refractivity contribution in [3.8, 4) is 0 Å². The zero-order chi connectivity index (χ0) is 27.5. The predicted molar refractivity (Wildman–Crippen MR) is 158 cm³/mol. The molecule has 0 bridgehead atoms. The third-order valence-electron chi connectivity index (χ3n) is 8.59. The number of hydrogen-bond acceptors (Lipinski definition) is 7. The van der Waals surface area contributed by atoms with Crippen LogP contribution in [0.4, 0.5) is 11.8 Å². The van der Waals surface area contributed by atoms with Gasteiger partial charge in [-0.2, -0.15) is 9.29 Å². The second-order valence-corrected chi connectivity index (χ2v) is 14.5. The maximum atomic E-state index is 13.5. The third-order valence-corrected chi connectivity index (χ3v) is 10.5. The zero-order valence-corrected chi connectivity index (χ0v) is 24.8. The number of aromatic nitrogens is 2. The topological polar surface area (TPSA) is 81.7 Å². The molecule has 3 aliphatic rings. The number of benzene rings is 1. The molecule has 4 heterocycles. The van der Waals surface area contributed by atoms with Crippen LogP contribution in [0, 0.1) is 0 Å². The Bertz CT molecular complexity index is 1190. The molecule has 2 aromatic rings. The Morgan fingerprint density at radius 3 is 2.28 bits per heavy atom. The minimum Gasteiger partial charge on any atom is -0.356 e. The van der Waals surface area contributed by atoms with Gasteiger partial charge in [-0.1, -0.05) is 45.7 Å². The molecule has 9 heteroatoms. The summed E-state index contributed by atoms with van der Waals surface area (Å²) in [5.74, 6) is 1.72. The molecule has 8 nitrogen and oxygen atoms in total. The monoisotopic (exact) mass is 554 g/mol. The fraction of sp³-hybridized carbons (Fsp3) is 0.667. The first-order valence-corrected chi connectivity index (χ1v) is 16.3. The van der Waals surface area contributed by atoms with Crippen molar-refractivity contribution in [1.29, 1.82) is 0 Å². The molecule has 1 aromatic carbocycles. The number of sulfonamides is 1. The molecule has 0 saturated carbocycles. The molecule has 3 saturated heterocycles. The van der Waals surface area contributed by atoms with Gasteiger partial charge in [0, 0.05) is 51.0 Å². The number of hydrogen-bond donors (Lipinski definition) is 1. The first-order valence-electron chi connectivity index (χ1n) is 14.9. The van der Waals surface area contributed by atoms with Gasteiger partial charge in [0.1, 0.15) is 5.82 Å². The van der Waals surface area contributed by atoms with E-state index in [0.29, 0.717) is 23.9 Å². The molecule has 0 aliphatic carbocycles. The van der Waals surface area contributed by atoms with Gasteiger partial charge in [-0.3, -0.25) is 4.90 Å². The molecule has 5 rings (SSSR count). The number of rotatable bonds is 6. The lowest BCUT2D eigenvalue weighted by Crippen LogP contribution is -2.54. The Morgan fingerprint density at radius 2 is 1.56 bits per heavy atom. The maximum Gasteiger partial charge on any atom is 0.243 e. The van der Waals surface area contributed by atoms with Crippen molar-refractivity contribution in [3.05, 3.63) is 42.1 Å². The van der Waals surface area contributed by atoms with Crippen molar-refractivity contribution in [2.75, 3.05) is 49.5 Å². The van der Waals surface area contributed by atoms with Crippen LogP contribution in [0.3, 0.4) is 0 Å². The first-order chi connectivity index (χ1) is 18.7. The highest BCUT2D eigenvalue weighted by Crippen LogP contribution is 2.28. The summed E-state index contributed by atoms with van der Waals surface area (Å²) < 4.78 is 28.8. The van der Waals surface area contributed by atoms with Gasteiger partial charge in [-0.05, 0) is 74.2 Å². The average molecular weight is 555 g/mol. The van der Waals surface area contributed by atoms with Crippen LogP contribution < -0.4 is 10.2 Å². The van der Waals surface area contributed by atoms with Crippen LogP contribution in [-0.2, 0) is 15.4 Å². The van der Waals surface area contributed by atoms with E-state index in [9.17, 15) is 8.42 Å². The number of anilines is 2. The lowest BCUT2D eigenvalue weighted by Gasteiger charge is -2.42. The van der Waals surface area contributed by atoms with Crippen molar-refractivity contribution in [1.82, 2.24) is 19.2 Å². The van der Waals surface area contributed by atoms with Crippen LogP contribution in [0.25, 0.3) is 0 Å². The summed E-state index contributed by atoms with van der Waals surface area (Å²) in [4.78, 5) is 14.7. The molecule has 214 valence electrons. The summed E-state index contributed by atoms with van der Waals surface area (Å²) in [5.41, 5.74) is 1.14. The number of nitrogens with zero attached hydrogens (tertiary/aromatic N) is 5. The van der Waals surface area contributed by atoms with Gasteiger partial charge in [0.2, 0.25) is 16.0 Å². The van der Waals surface area contributed by atoms with Gasteiger partial charge in [-0.15, -0.1) is 0 Å². The largest absolute Gasteiger partial charge is 0.356 e. The Labute approximate surface area is 235 Å². The van der Waals surface area contributed by atoms with E-state index in [2.05, 4.69) is 40.9 Å². The normalized spacial score (nSPS) is 24.3. The zero-order valence-electron chi connectivity index (χ0n) is 24.0. The van der Waals surface area contributed by atoms with E-state index in [1.807, 2.05) is 24.4 Å². The van der Waals surface area contributed by atoms with Crippen LogP contribution >= 0.6 is 0 Å². The van der Waals surface area contributed by atoms with Crippen molar-refractivity contribution < 1.29 is 8.42 Å². The third kappa shape index (κ3) is 6.92. The molecule has 0 radical (unpaired) electrons. The van der Waals surface area contributed by atoms with Crippen LogP contribution in [0.15, 0.2) is 41.4 Å². The molecular weight excluding hydrogens is 508 g/mol. The molecule has 2 unspecified atom stereocenters. The van der Waals surface area contributed by atoms with Crippen LogP contribution in [0.5, 0.6) is 0 Å². The van der Waals surface area contributed by atoms with E-state index in [1.54, 1.807) is 16.4 Å². The van der Waals surface area contributed by atoms with Gasteiger partial charge in [-0.25, -0.2) is 13.4 Å². The number of nitrogens with one attached hydrogen (secondary N) is 1. The van der Waals surface area contributed by atoms with E-state index < -0.39 is 10.0 Å². The quantitative estimate of drug-likeness (QED) is 0.545. The molecule has 2 atom stereocenters. The van der Waals surface area contributed by atoms with Crippen LogP contribution in [0.2, 0.25) is 0 Å². The summed E-state index contributed by atoms with van der Waals surface area (Å²) in [6.45, 7) is 11.6. The average Bonchev–Trinajstić information content (AvgIpc) is 3.23. The molecule has 0 amide bonds. The van der Waals surface area contributed by atoms with Crippen molar-refractivity contribution in [2.45, 2.75) is 94.5 Å². The molecular formula is C30H46N6O2S. The van der Waals surface area contributed by atoms with E-state index in [-0.39, 0.29) is 17.5 Å². The molecule has 3 aliphatic heterocycles. The smallest absolute Gasteiger partial charge is 0.243 e. The van der Waals surface area contributed by atoms with E-state index in [0.717, 1.165) is 63.2 Å². The molecule has 3 fully saturated rings. The van der Waals surface area contributed by atoms with Crippen molar-refractivity contribution in [2.24, 2.45) is 0 Å². The lowest BCUT2D eigenvalue weighted by atomic mass is 9.87. The second-order valence-electron chi connectivity index (χ2n) is 12.6. The highest BCUT2D eigenvalue weighted by molar-refractivity contribution is 7.89. The summed E-state index contributed by atoms with van der Waals surface area (Å²) in [6, 6.07) is 9.99. The predicted octanol–water partition coefficient (Wildman–Crippen LogP) is 4.88. The minimum atomic E-state index is -3.51. The summed E-state index contributed by atoms with van der Waals surface area (Å²) >= 11 is 0. The van der Waals surface area contributed by atoms with E-state index in [4.69, 9.17) is 4.98 Å². The highest BCUT2D eigenvalue weighted by Gasteiger charge is 2.35. The fourth-order valence-electron chi connectivity index (χ4n) is 6.25. The van der Waals surface area contributed by atoms with Gasteiger partial charge in [0.25, 0.3) is 0 Å². The fourth-order valence-corrected chi connectivity index (χ4v) is 7.76. The van der Waals surface area contributed by atoms with Gasteiger partial charge >= 0.3 is 0 Å². The number of piperidine rings is 2. The summed E-state index contributed by atoms with van der Waals surface area (Å²) in [6.07, 6.45) is 11.0. The van der Waals surface area contributed by atoms with Gasteiger partial charge in [0.15, 0.2) is 0 Å². The maximum absolute atomic E-state index is 13.5. The summed E-state index contributed by atoms with van der Waals surface area (Å²) in [5, 5.41) is 3.61. The lowest BCUT2D eigenvalue weighted by molar-refractivity contribution is 0.108. The van der Waals surface area contributed by atoms with E-state index in [1.165, 1.54) is 25.7 Å². The minimum absolute atomic E-state index is 0.00335.